The van der Waals surface area contributed by atoms with Crippen LogP contribution in [0, 0.1) is 11.8 Å². The second kappa shape index (κ2) is 10.3. The van der Waals surface area contributed by atoms with E-state index in [-0.39, 0.29) is 24.2 Å². The molecular weight excluding hydrogens is 491 g/mol. The average molecular weight is 518 g/mol. The molecule has 37 heavy (non-hydrogen) atoms. The normalized spacial score (nSPS) is 20.0. The summed E-state index contributed by atoms with van der Waals surface area (Å²) in [7, 11) is 0. The summed E-state index contributed by atoms with van der Waals surface area (Å²) in [6, 6.07) is 11.0. The number of nitrogens with one attached hydrogen (secondary N) is 1. The van der Waals surface area contributed by atoms with E-state index in [0.29, 0.717) is 60.4 Å². The summed E-state index contributed by atoms with van der Waals surface area (Å²) in [6.07, 6.45) is -2.81. The fourth-order valence-electron chi connectivity index (χ4n) is 4.95. The van der Waals surface area contributed by atoms with Gasteiger partial charge in [0.2, 0.25) is 0 Å². The van der Waals surface area contributed by atoms with Crippen LogP contribution >= 0.6 is 0 Å². The Bertz CT molecular complexity index is 1250. The number of aromatic nitrogens is 3. The van der Waals surface area contributed by atoms with E-state index in [4.69, 9.17) is 4.74 Å². The first-order chi connectivity index (χ1) is 17.7. The summed E-state index contributed by atoms with van der Waals surface area (Å²) < 4.78 is 47.0. The number of likely N-dealkylation sites (tertiary alicyclic amines) is 2. The number of hydrogen-bond acceptors (Lipinski definition) is 6. The lowest BCUT2D eigenvalue weighted by Crippen LogP contribution is -2.37. The molecule has 0 radical (unpaired) electrons. The highest BCUT2D eigenvalue weighted by Gasteiger charge is 2.38. The van der Waals surface area contributed by atoms with Crippen molar-refractivity contribution < 1.29 is 32.2 Å². The molecule has 0 bridgehead atoms. The van der Waals surface area contributed by atoms with Crippen molar-refractivity contribution in [3.05, 3.63) is 48.0 Å². The van der Waals surface area contributed by atoms with Crippen molar-refractivity contribution in [2.24, 2.45) is 11.8 Å². The molecule has 2 fully saturated rings. The number of benzene rings is 2. The maximum atomic E-state index is 13.1. The van der Waals surface area contributed by atoms with Crippen molar-refractivity contribution in [2.45, 2.75) is 19.0 Å². The van der Waals surface area contributed by atoms with Crippen molar-refractivity contribution in [2.75, 3.05) is 39.4 Å². The molecule has 3 aromatic rings. The summed E-state index contributed by atoms with van der Waals surface area (Å²) in [5.74, 6) is 0.921. The molecule has 0 spiro atoms. The Morgan fingerprint density at radius 2 is 1.51 bits per heavy atom. The van der Waals surface area contributed by atoms with Crippen LogP contribution < -0.4 is 9.47 Å². The molecular formula is C25H26F3N5O4. The average Bonchev–Trinajstić information content (AvgIpc) is 3.47. The lowest BCUT2D eigenvalue weighted by Gasteiger charge is -2.22. The molecule has 2 saturated heterocycles. The predicted octanol–water partition coefficient (Wildman–Crippen LogP) is 3.29. The van der Waals surface area contributed by atoms with Crippen LogP contribution in [0.2, 0.25) is 0 Å². The quantitative estimate of drug-likeness (QED) is 0.539. The number of nitrogens with zero attached hydrogens (tertiary/aromatic N) is 4. The van der Waals surface area contributed by atoms with Gasteiger partial charge in [-0.25, -0.2) is 0 Å². The van der Waals surface area contributed by atoms with Gasteiger partial charge in [0.05, 0.1) is 0 Å². The van der Waals surface area contributed by atoms with Crippen LogP contribution in [0.25, 0.3) is 11.0 Å². The number of H-pyrrole nitrogens is 1. The third kappa shape index (κ3) is 5.95. The molecule has 12 heteroatoms. The van der Waals surface area contributed by atoms with Crippen LogP contribution in [0.15, 0.2) is 42.5 Å². The third-order valence-corrected chi connectivity index (χ3v) is 6.91. The topological polar surface area (TPSA) is 101 Å². The molecule has 0 saturated carbocycles. The van der Waals surface area contributed by atoms with Crippen LogP contribution in [0.4, 0.5) is 13.2 Å². The minimum atomic E-state index is -4.41. The SMILES string of the molecule is O=C(COc1ccc(OCC(F)(F)F)cc1)N1CC[C@@H]2CN(C(=O)c3ccc4n[nH]nc4c3)C[C@@H]2CC1. The Hall–Kier alpha value is -3.83. The predicted molar refractivity (Wildman–Crippen MR) is 126 cm³/mol. The van der Waals surface area contributed by atoms with Gasteiger partial charge >= 0.3 is 6.18 Å². The highest BCUT2D eigenvalue weighted by atomic mass is 19.4. The van der Waals surface area contributed by atoms with Crippen LogP contribution in [-0.2, 0) is 4.79 Å². The first kappa shape index (κ1) is 24.8. The third-order valence-electron chi connectivity index (χ3n) is 6.91. The molecule has 0 aliphatic carbocycles. The van der Waals surface area contributed by atoms with Gasteiger partial charge in [0, 0.05) is 31.7 Å². The van der Waals surface area contributed by atoms with E-state index in [1.54, 1.807) is 23.1 Å². The zero-order chi connectivity index (χ0) is 26.0. The first-order valence-corrected chi connectivity index (χ1v) is 12.1. The molecule has 2 aromatic carbocycles. The molecule has 2 aliphatic heterocycles. The van der Waals surface area contributed by atoms with Gasteiger partial charge in [0.15, 0.2) is 13.2 Å². The van der Waals surface area contributed by atoms with Gasteiger partial charge in [-0.2, -0.15) is 28.6 Å². The van der Waals surface area contributed by atoms with Crippen molar-refractivity contribution in [1.82, 2.24) is 25.2 Å². The smallest absolute Gasteiger partial charge is 0.422 e. The van der Waals surface area contributed by atoms with E-state index in [2.05, 4.69) is 20.1 Å². The van der Waals surface area contributed by atoms with E-state index in [1.165, 1.54) is 24.3 Å². The first-order valence-electron chi connectivity index (χ1n) is 12.1. The summed E-state index contributed by atoms with van der Waals surface area (Å²) in [5, 5.41) is 10.6. The number of alkyl halides is 3. The van der Waals surface area contributed by atoms with E-state index >= 15 is 0 Å². The largest absolute Gasteiger partial charge is 0.484 e. The van der Waals surface area contributed by atoms with Gasteiger partial charge in [-0.15, -0.1) is 0 Å². The van der Waals surface area contributed by atoms with Crippen LogP contribution in [0.1, 0.15) is 23.2 Å². The van der Waals surface area contributed by atoms with E-state index in [0.717, 1.165) is 12.8 Å². The molecule has 2 amide bonds. The number of hydrogen-bond donors (Lipinski definition) is 1. The van der Waals surface area contributed by atoms with Gasteiger partial charge in [0.25, 0.3) is 11.8 Å². The number of fused-ring (bicyclic) bond motifs is 2. The molecule has 2 atom stereocenters. The highest BCUT2D eigenvalue weighted by Crippen LogP contribution is 2.33. The molecule has 9 nitrogen and oxygen atoms in total. The Labute approximate surface area is 210 Å². The number of aromatic amines is 1. The van der Waals surface area contributed by atoms with Gasteiger partial charge < -0.3 is 19.3 Å². The molecule has 1 aromatic heterocycles. The van der Waals surface area contributed by atoms with E-state index < -0.39 is 12.8 Å². The van der Waals surface area contributed by atoms with Crippen molar-refractivity contribution in [1.29, 1.82) is 0 Å². The Balaban J connectivity index is 1.09. The van der Waals surface area contributed by atoms with Crippen LogP contribution in [0.3, 0.4) is 0 Å². The number of ether oxygens (including phenoxy) is 2. The van der Waals surface area contributed by atoms with Crippen molar-refractivity contribution >= 4 is 22.8 Å². The highest BCUT2D eigenvalue weighted by molar-refractivity contribution is 5.97. The minimum absolute atomic E-state index is 0.0193. The Morgan fingerprint density at radius 3 is 2.16 bits per heavy atom. The van der Waals surface area contributed by atoms with Crippen LogP contribution in [-0.4, -0.2) is 82.6 Å². The van der Waals surface area contributed by atoms with Crippen molar-refractivity contribution in [3.63, 3.8) is 0 Å². The lowest BCUT2D eigenvalue weighted by molar-refractivity contribution is -0.153. The van der Waals surface area contributed by atoms with E-state index in [1.807, 2.05) is 4.90 Å². The van der Waals surface area contributed by atoms with Gasteiger partial charge in [-0.3, -0.25) is 9.59 Å². The second-order valence-electron chi connectivity index (χ2n) is 9.38. The standard InChI is InChI=1S/C25H26F3N5O4/c26-25(27,28)15-37-20-4-2-19(3-5-20)36-14-23(34)32-9-7-17-12-33(13-18(17)8-10-32)24(35)16-1-6-21-22(11-16)30-31-29-21/h1-6,11,17-18H,7-10,12-15H2,(H,29,30,31)/t17-,18+. The van der Waals surface area contributed by atoms with Gasteiger partial charge in [-0.05, 0) is 67.1 Å². The summed E-state index contributed by atoms with van der Waals surface area (Å²) in [6.45, 7) is 0.949. The minimum Gasteiger partial charge on any atom is -0.484 e. The van der Waals surface area contributed by atoms with Gasteiger partial charge in [0.1, 0.15) is 22.5 Å². The Morgan fingerprint density at radius 1 is 0.892 bits per heavy atom. The molecule has 0 unspecified atom stereocenters. The fourth-order valence-corrected chi connectivity index (χ4v) is 4.95. The molecule has 196 valence electrons. The zero-order valence-electron chi connectivity index (χ0n) is 19.9. The molecule has 5 rings (SSSR count). The lowest BCUT2D eigenvalue weighted by atomic mass is 9.92. The summed E-state index contributed by atoms with van der Waals surface area (Å²) in [4.78, 5) is 29.5. The number of halogens is 3. The molecule has 1 N–H and O–H groups in total. The number of amides is 2. The fraction of sp³-hybridized carbons (Fsp3) is 0.440. The molecule has 3 heterocycles. The summed E-state index contributed by atoms with van der Waals surface area (Å²) >= 11 is 0. The maximum absolute atomic E-state index is 13.1. The van der Waals surface area contributed by atoms with Gasteiger partial charge in [-0.1, -0.05) is 0 Å². The van der Waals surface area contributed by atoms with Crippen molar-refractivity contribution in [3.8, 4) is 11.5 Å². The maximum Gasteiger partial charge on any atom is 0.422 e. The number of carbonyl (C=O) groups excluding carboxylic acids is 2. The number of carbonyl (C=O) groups is 2. The molecule has 2 aliphatic rings. The summed E-state index contributed by atoms with van der Waals surface area (Å²) in [5.41, 5.74) is 1.96. The number of rotatable bonds is 6. The van der Waals surface area contributed by atoms with Crippen LogP contribution in [0.5, 0.6) is 11.5 Å². The zero-order valence-corrected chi connectivity index (χ0v) is 19.9. The van der Waals surface area contributed by atoms with E-state index in [9.17, 15) is 22.8 Å². The second-order valence-corrected chi connectivity index (χ2v) is 9.38. The Kier molecular flexibility index (Phi) is 6.90. The monoisotopic (exact) mass is 517 g/mol.